The smallest absolute Gasteiger partial charge is 0.257 e. The van der Waals surface area contributed by atoms with Crippen LogP contribution >= 0.6 is 0 Å². The first-order valence-corrected chi connectivity index (χ1v) is 4.55. The Morgan fingerprint density at radius 2 is 2.15 bits per heavy atom. The molecular formula is C9H13N3O. The van der Waals surface area contributed by atoms with Gasteiger partial charge in [-0.15, -0.1) is 0 Å². The van der Waals surface area contributed by atoms with Crippen LogP contribution in [0.25, 0.3) is 0 Å². The number of nitrogens with zero attached hydrogens (tertiary/aromatic N) is 2. The quantitative estimate of drug-likeness (QED) is 0.755. The van der Waals surface area contributed by atoms with Crippen LogP contribution in [0, 0.1) is 5.92 Å². The number of hydrogen-bond donors (Lipinski definition) is 1. The molecular weight excluding hydrogens is 166 g/mol. The molecule has 0 atom stereocenters. The molecule has 13 heavy (non-hydrogen) atoms. The van der Waals surface area contributed by atoms with E-state index in [0.717, 1.165) is 12.3 Å². The molecule has 2 rings (SSSR count). The van der Waals surface area contributed by atoms with E-state index in [4.69, 9.17) is 10.5 Å². The number of hydrogen-bond acceptors (Lipinski definition) is 4. The highest BCUT2D eigenvalue weighted by atomic mass is 16.5. The van der Waals surface area contributed by atoms with Crippen LogP contribution < -0.4 is 10.5 Å². The third-order valence-corrected chi connectivity index (χ3v) is 2.15. The zero-order chi connectivity index (χ0) is 9.10. The second kappa shape index (κ2) is 3.60. The second-order valence-electron chi connectivity index (χ2n) is 3.33. The minimum atomic E-state index is 0.373. The van der Waals surface area contributed by atoms with Gasteiger partial charge >= 0.3 is 0 Å². The van der Waals surface area contributed by atoms with Crippen LogP contribution in [0.15, 0.2) is 12.4 Å². The van der Waals surface area contributed by atoms with E-state index in [1.165, 1.54) is 12.8 Å². The third-order valence-electron chi connectivity index (χ3n) is 2.15. The first-order valence-electron chi connectivity index (χ1n) is 4.55. The molecule has 70 valence electrons. The Morgan fingerprint density at radius 1 is 1.38 bits per heavy atom. The van der Waals surface area contributed by atoms with Crippen molar-refractivity contribution in [2.24, 2.45) is 5.92 Å². The second-order valence-corrected chi connectivity index (χ2v) is 3.33. The van der Waals surface area contributed by atoms with Crippen molar-refractivity contribution in [2.75, 3.05) is 12.3 Å². The van der Waals surface area contributed by atoms with Gasteiger partial charge in [-0.3, -0.25) is 0 Å². The van der Waals surface area contributed by atoms with Crippen LogP contribution in [-0.4, -0.2) is 16.6 Å². The normalized spacial score (nSPS) is 15.7. The highest BCUT2D eigenvalue weighted by Crippen LogP contribution is 2.32. The summed E-state index contributed by atoms with van der Waals surface area (Å²) in [6.45, 7) is 0.702. The van der Waals surface area contributed by atoms with E-state index in [2.05, 4.69) is 9.97 Å². The van der Waals surface area contributed by atoms with Gasteiger partial charge in [-0.05, 0) is 12.3 Å². The van der Waals surface area contributed by atoms with Gasteiger partial charge in [0.1, 0.15) is 0 Å². The van der Waals surface area contributed by atoms with Crippen LogP contribution in [0.4, 0.5) is 5.82 Å². The molecule has 1 aromatic heterocycles. The van der Waals surface area contributed by atoms with Crippen LogP contribution in [-0.2, 0) is 0 Å². The Hall–Kier alpha value is -1.32. The van der Waals surface area contributed by atoms with Crippen molar-refractivity contribution in [1.29, 1.82) is 0 Å². The molecule has 0 amide bonds. The third kappa shape index (κ3) is 2.31. The standard InChI is InChI=1S/C9H13N3O/c10-8-9(12-5-4-11-8)13-6-3-7-1-2-7/h4-5,7H,1-3,6H2,(H2,10,11). The Balaban J connectivity index is 1.82. The van der Waals surface area contributed by atoms with Crippen molar-refractivity contribution in [3.8, 4) is 5.88 Å². The fourth-order valence-electron chi connectivity index (χ4n) is 1.18. The van der Waals surface area contributed by atoms with Gasteiger partial charge < -0.3 is 10.5 Å². The number of ether oxygens (including phenoxy) is 1. The minimum absolute atomic E-state index is 0.373. The maximum Gasteiger partial charge on any atom is 0.257 e. The van der Waals surface area contributed by atoms with Gasteiger partial charge in [0.25, 0.3) is 5.88 Å². The molecule has 1 saturated carbocycles. The number of aromatic nitrogens is 2. The molecule has 1 aliphatic rings. The van der Waals surface area contributed by atoms with Crippen LogP contribution in [0.2, 0.25) is 0 Å². The summed E-state index contributed by atoms with van der Waals surface area (Å²) in [4.78, 5) is 7.87. The number of nitrogen functional groups attached to an aromatic ring is 1. The lowest BCUT2D eigenvalue weighted by Crippen LogP contribution is -2.03. The number of anilines is 1. The topological polar surface area (TPSA) is 61.0 Å². The van der Waals surface area contributed by atoms with E-state index in [0.29, 0.717) is 18.3 Å². The lowest BCUT2D eigenvalue weighted by molar-refractivity contribution is 0.292. The Kier molecular flexibility index (Phi) is 2.29. The van der Waals surface area contributed by atoms with Gasteiger partial charge in [-0.2, -0.15) is 0 Å². The van der Waals surface area contributed by atoms with E-state index in [1.54, 1.807) is 12.4 Å². The fraction of sp³-hybridized carbons (Fsp3) is 0.556. The first kappa shape index (κ1) is 8.29. The molecule has 0 unspecified atom stereocenters. The molecule has 0 saturated heterocycles. The van der Waals surface area contributed by atoms with E-state index in [-0.39, 0.29) is 0 Å². The monoisotopic (exact) mass is 179 g/mol. The summed E-state index contributed by atoms with van der Waals surface area (Å²) in [5.74, 6) is 1.71. The van der Waals surface area contributed by atoms with Gasteiger partial charge in [-0.1, -0.05) is 12.8 Å². The van der Waals surface area contributed by atoms with E-state index >= 15 is 0 Å². The molecule has 1 fully saturated rings. The zero-order valence-electron chi connectivity index (χ0n) is 7.44. The largest absolute Gasteiger partial charge is 0.475 e. The van der Waals surface area contributed by atoms with Crippen molar-refractivity contribution in [3.05, 3.63) is 12.4 Å². The van der Waals surface area contributed by atoms with Crippen molar-refractivity contribution < 1.29 is 4.74 Å². The average Bonchev–Trinajstić information content (AvgIpc) is 2.92. The van der Waals surface area contributed by atoms with Crippen molar-refractivity contribution >= 4 is 5.82 Å². The molecule has 1 aromatic rings. The molecule has 0 radical (unpaired) electrons. The Labute approximate surface area is 77.1 Å². The molecule has 0 bridgehead atoms. The summed E-state index contributed by atoms with van der Waals surface area (Å²) < 4.78 is 5.39. The maximum absolute atomic E-state index is 5.55. The summed E-state index contributed by atoms with van der Waals surface area (Å²) in [6, 6.07) is 0. The van der Waals surface area contributed by atoms with Gasteiger partial charge in [0.05, 0.1) is 6.61 Å². The highest BCUT2D eigenvalue weighted by Gasteiger charge is 2.20. The summed E-state index contributed by atoms with van der Waals surface area (Å²) in [5, 5.41) is 0. The zero-order valence-corrected chi connectivity index (χ0v) is 7.44. The SMILES string of the molecule is Nc1nccnc1OCCC1CC1. The number of rotatable bonds is 4. The first-order chi connectivity index (χ1) is 6.36. The maximum atomic E-state index is 5.55. The van der Waals surface area contributed by atoms with E-state index in [9.17, 15) is 0 Å². The minimum Gasteiger partial charge on any atom is -0.475 e. The summed E-state index contributed by atoms with van der Waals surface area (Å²) in [5.41, 5.74) is 5.55. The number of nitrogens with two attached hydrogens (primary N) is 1. The molecule has 4 heteroatoms. The molecule has 0 aliphatic heterocycles. The molecule has 0 spiro atoms. The Bertz CT molecular complexity index is 286. The molecule has 1 aliphatic carbocycles. The Morgan fingerprint density at radius 3 is 2.85 bits per heavy atom. The molecule has 0 aromatic carbocycles. The lowest BCUT2D eigenvalue weighted by Gasteiger charge is -2.04. The van der Waals surface area contributed by atoms with Crippen LogP contribution in [0.5, 0.6) is 5.88 Å². The fourth-order valence-corrected chi connectivity index (χ4v) is 1.18. The summed E-state index contributed by atoms with van der Waals surface area (Å²) in [7, 11) is 0. The predicted octanol–water partition coefficient (Wildman–Crippen LogP) is 1.24. The summed E-state index contributed by atoms with van der Waals surface area (Å²) >= 11 is 0. The lowest BCUT2D eigenvalue weighted by atomic mass is 10.3. The van der Waals surface area contributed by atoms with E-state index in [1.807, 2.05) is 0 Å². The molecule has 2 N–H and O–H groups in total. The summed E-state index contributed by atoms with van der Waals surface area (Å²) in [6.07, 6.45) is 6.94. The van der Waals surface area contributed by atoms with Gasteiger partial charge in [0.15, 0.2) is 5.82 Å². The highest BCUT2D eigenvalue weighted by molar-refractivity contribution is 5.38. The van der Waals surface area contributed by atoms with Crippen molar-refractivity contribution in [2.45, 2.75) is 19.3 Å². The van der Waals surface area contributed by atoms with Crippen LogP contribution in [0.1, 0.15) is 19.3 Å². The van der Waals surface area contributed by atoms with Crippen LogP contribution in [0.3, 0.4) is 0 Å². The molecule has 1 heterocycles. The van der Waals surface area contributed by atoms with Gasteiger partial charge in [-0.25, -0.2) is 9.97 Å². The van der Waals surface area contributed by atoms with Gasteiger partial charge in [0, 0.05) is 12.4 Å². The van der Waals surface area contributed by atoms with Crippen molar-refractivity contribution in [3.63, 3.8) is 0 Å². The van der Waals surface area contributed by atoms with E-state index < -0.39 is 0 Å². The average molecular weight is 179 g/mol. The molecule has 4 nitrogen and oxygen atoms in total. The van der Waals surface area contributed by atoms with Crippen molar-refractivity contribution in [1.82, 2.24) is 9.97 Å². The predicted molar refractivity (Wildman–Crippen MR) is 49.3 cm³/mol. The van der Waals surface area contributed by atoms with Gasteiger partial charge in [0.2, 0.25) is 0 Å².